The maximum Gasteiger partial charge on any atom is 0.214 e. The maximum absolute atomic E-state index is 9.74. The molecule has 4 nitrogen and oxygen atoms in total. The van der Waals surface area contributed by atoms with Crippen molar-refractivity contribution >= 4 is 5.69 Å². The summed E-state index contributed by atoms with van der Waals surface area (Å²) >= 11 is 0. The number of pyridine rings is 1. The Balaban J connectivity index is 2.13. The predicted molar refractivity (Wildman–Crippen MR) is 71.9 cm³/mol. The molecule has 2 N–H and O–H groups in total. The van der Waals surface area contributed by atoms with Crippen LogP contribution in [0, 0.1) is 5.92 Å². The summed E-state index contributed by atoms with van der Waals surface area (Å²) in [4.78, 5) is 4.09. The number of ether oxygens (including phenoxy) is 1. The average Bonchev–Trinajstić information content (AvgIpc) is 2.39. The van der Waals surface area contributed by atoms with Crippen LogP contribution in [0.25, 0.3) is 0 Å². The Hall–Kier alpha value is -1.29. The molecule has 18 heavy (non-hydrogen) atoms. The molecular formula is C14H22N2O2. The number of methoxy groups -OCH3 is 1. The van der Waals surface area contributed by atoms with Gasteiger partial charge in [-0.05, 0) is 24.8 Å². The number of aliphatic hydroxyl groups excluding tert-OH is 1. The molecule has 2 rings (SSSR count). The summed E-state index contributed by atoms with van der Waals surface area (Å²) < 4.78 is 5.12. The second-order valence-electron chi connectivity index (χ2n) is 5.35. The zero-order valence-corrected chi connectivity index (χ0v) is 11.1. The highest BCUT2D eigenvalue weighted by Gasteiger charge is 2.34. The van der Waals surface area contributed by atoms with Crippen molar-refractivity contribution in [3.8, 4) is 5.88 Å². The lowest BCUT2D eigenvalue weighted by atomic mass is 9.76. The van der Waals surface area contributed by atoms with E-state index in [9.17, 15) is 5.11 Å². The second-order valence-corrected chi connectivity index (χ2v) is 5.35. The summed E-state index contributed by atoms with van der Waals surface area (Å²) in [6, 6.07) is 3.79. The number of nitrogens with zero attached hydrogens (tertiary/aromatic N) is 1. The van der Waals surface area contributed by atoms with Crippen molar-refractivity contribution in [3.63, 3.8) is 0 Å². The molecule has 1 aliphatic rings. The molecule has 0 spiro atoms. The van der Waals surface area contributed by atoms with Gasteiger partial charge in [0.15, 0.2) is 0 Å². The van der Waals surface area contributed by atoms with Crippen LogP contribution in [0.2, 0.25) is 0 Å². The Labute approximate surface area is 108 Å². The molecule has 0 amide bonds. The van der Waals surface area contributed by atoms with Crippen molar-refractivity contribution in [1.82, 2.24) is 4.98 Å². The lowest BCUT2D eigenvalue weighted by Crippen LogP contribution is -2.45. The fourth-order valence-electron chi connectivity index (χ4n) is 2.86. The van der Waals surface area contributed by atoms with E-state index in [1.807, 2.05) is 12.1 Å². The number of nitrogens with one attached hydrogen (secondary N) is 1. The molecule has 4 heteroatoms. The van der Waals surface area contributed by atoms with Gasteiger partial charge in [-0.1, -0.05) is 19.8 Å². The van der Waals surface area contributed by atoms with E-state index in [4.69, 9.17) is 4.74 Å². The zero-order valence-electron chi connectivity index (χ0n) is 11.1. The molecule has 1 fully saturated rings. The van der Waals surface area contributed by atoms with E-state index in [1.165, 1.54) is 6.42 Å². The first kappa shape index (κ1) is 13.1. The number of aromatic nitrogens is 1. The molecule has 0 saturated heterocycles. The first-order valence-electron chi connectivity index (χ1n) is 6.56. The standard InChI is InChI=1S/C14H22N2O2/c1-11-4-3-6-14(9-11,10-17)16-12-5-7-15-13(8-12)18-2/h5,7-8,11,17H,3-4,6,9-10H2,1-2H3,(H,15,16). The molecule has 2 unspecified atom stereocenters. The van der Waals surface area contributed by atoms with Gasteiger partial charge in [0.1, 0.15) is 0 Å². The monoisotopic (exact) mass is 250 g/mol. The van der Waals surface area contributed by atoms with Gasteiger partial charge in [-0.2, -0.15) is 0 Å². The minimum Gasteiger partial charge on any atom is -0.481 e. The van der Waals surface area contributed by atoms with E-state index in [0.29, 0.717) is 11.8 Å². The largest absolute Gasteiger partial charge is 0.481 e. The van der Waals surface area contributed by atoms with Gasteiger partial charge in [-0.3, -0.25) is 0 Å². The Morgan fingerprint density at radius 2 is 2.44 bits per heavy atom. The first-order chi connectivity index (χ1) is 8.67. The van der Waals surface area contributed by atoms with Crippen LogP contribution in [-0.2, 0) is 0 Å². The highest BCUT2D eigenvalue weighted by atomic mass is 16.5. The molecular weight excluding hydrogens is 228 g/mol. The molecule has 100 valence electrons. The summed E-state index contributed by atoms with van der Waals surface area (Å²) in [6.45, 7) is 2.42. The fourth-order valence-corrected chi connectivity index (χ4v) is 2.86. The number of anilines is 1. The topological polar surface area (TPSA) is 54.4 Å². The molecule has 1 heterocycles. The average molecular weight is 250 g/mol. The first-order valence-corrected chi connectivity index (χ1v) is 6.56. The van der Waals surface area contributed by atoms with E-state index < -0.39 is 0 Å². The Kier molecular flexibility index (Phi) is 4.07. The smallest absolute Gasteiger partial charge is 0.214 e. The van der Waals surface area contributed by atoms with Gasteiger partial charge in [0.2, 0.25) is 5.88 Å². The summed E-state index contributed by atoms with van der Waals surface area (Å²) in [5.74, 6) is 1.25. The quantitative estimate of drug-likeness (QED) is 0.862. The van der Waals surface area contributed by atoms with Gasteiger partial charge in [-0.15, -0.1) is 0 Å². The number of hydrogen-bond acceptors (Lipinski definition) is 4. The molecule has 1 aliphatic carbocycles. The number of rotatable bonds is 4. The summed E-state index contributed by atoms with van der Waals surface area (Å²) in [6.07, 6.45) is 6.16. The summed E-state index contributed by atoms with van der Waals surface area (Å²) in [5, 5.41) is 13.2. The van der Waals surface area contributed by atoms with E-state index in [-0.39, 0.29) is 12.1 Å². The Bertz CT molecular complexity index is 397. The van der Waals surface area contributed by atoms with Gasteiger partial charge in [0, 0.05) is 18.0 Å². The number of hydrogen-bond donors (Lipinski definition) is 2. The lowest BCUT2D eigenvalue weighted by Gasteiger charge is -2.40. The molecule has 0 aliphatic heterocycles. The molecule has 1 aromatic heterocycles. The normalized spacial score (nSPS) is 27.8. The van der Waals surface area contributed by atoms with Crippen LogP contribution in [0.3, 0.4) is 0 Å². The minimum atomic E-state index is -0.190. The van der Waals surface area contributed by atoms with Gasteiger partial charge < -0.3 is 15.2 Å². The van der Waals surface area contributed by atoms with Gasteiger partial charge in [0.05, 0.1) is 19.3 Å². The van der Waals surface area contributed by atoms with Crippen molar-refractivity contribution in [3.05, 3.63) is 18.3 Å². The third kappa shape index (κ3) is 2.93. The van der Waals surface area contributed by atoms with Gasteiger partial charge in [-0.25, -0.2) is 4.98 Å². The third-order valence-corrected chi connectivity index (χ3v) is 3.75. The zero-order chi connectivity index (χ0) is 13.0. The maximum atomic E-state index is 9.74. The van der Waals surface area contributed by atoms with Crippen molar-refractivity contribution in [2.45, 2.75) is 38.1 Å². The predicted octanol–water partition coefficient (Wildman–Crippen LogP) is 2.44. The third-order valence-electron chi connectivity index (χ3n) is 3.75. The summed E-state index contributed by atoms with van der Waals surface area (Å²) in [7, 11) is 1.61. The molecule has 1 aromatic rings. The SMILES string of the molecule is COc1cc(NC2(CO)CCCC(C)C2)ccn1. The van der Waals surface area contributed by atoms with Crippen LogP contribution < -0.4 is 10.1 Å². The van der Waals surface area contributed by atoms with Crippen LogP contribution in [0.5, 0.6) is 5.88 Å². The van der Waals surface area contributed by atoms with Crippen molar-refractivity contribution in [1.29, 1.82) is 0 Å². The number of aliphatic hydroxyl groups is 1. The highest BCUT2D eigenvalue weighted by molar-refractivity contribution is 5.47. The summed E-state index contributed by atoms with van der Waals surface area (Å²) in [5.41, 5.74) is 0.773. The Morgan fingerprint density at radius 1 is 1.61 bits per heavy atom. The van der Waals surface area contributed by atoms with Crippen LogP contribution in [0.4, 0.5) is 5.69 Å². The van der Waals surface area contributed by atoms with E-state index in [2.05, 4.69) is 17.2 Å². The van der Waals surface area contributed by atoms with Crippen LogP contribution in [0.15, 0.2) is 18.3 Å². The van der Waals surface area contributed by atoms with Crippen LogP contribution in [-0.4, -0.2) is 29.3 Å². The highest BCUT2D eigenvalue weighted by Crippen LogP contribution is 2.35. The van der Waals surface area contributed by atoms with Gasteiger partial charge >= 0.3 is 0 Å². The molecule has 0 aromatic carbocycles. The molecule has 1 saturated carbocycles. The van der Waals surface area contributed by atoms with Crippen molar-refractivity contribution in [2.24, 2.45) is 5.92 Å². The van der Waals surface area contributed by atoms with E-state index >= 15 is 0 Å². The molecule has 2 atom stereocenters. The lowest BCUT2D eigenvalue weighted by molar-refractivity contribution is 0.149. The Morgan fingerprint density at radius 3 is 3.11 bits per heavy atom. The minimum absolute atomic E-state index is 0.169. The van der Waals surface area contributed by atoms with Crippen molar-refractivity contribution in [2.75, 3.05) is 19.0 Å². The van der Waals surface area contributed by atoms with Gasteiger partial charge in [0.25, 0.3) is 0 Å². The van der Waals surface area contributed by atoms with Crippen LogP contribution >= 0.6 is 0 Å². The molecule has 0 radical (unpaired) electrons. The van der Waals surface area contributed by atoms with E-state index in [0.717, 1.165) is 24.9 Å². The van der Waals surface area contributed by atoms with Crippen molar-refractivity contribution < 1.29 is 9.84 Å². The second kappa shape index (κ2) is 5.57. The van der Waals surface area contributed by atoms with Crippen LogP contribution in [0.1, 0.15) is 32.6 Å². The fraction of sp³-hybridized carbons (Fsp3) is 0.643. The van der Waals surface area contributed by atoms with E-state index in [1.54, 1.807) is 13.3 Å². The molecule has 0 bridgehead atoms.